The molecule has 0 amide bonds. The third-order valence-corrected chi connectivity index (χ3v) is 2.09. The van der Waals surface area contributed by atoms with Crippen molar-refractivity contribution in [3.05, 3.63) is 71.8 Å². The van der Waals surface area contributed by atoms with Crippen molar-refractivity contribution in [2.75, 3.05) is 14.2 Å². The summed E-state index contributed by atoms with van der Waals surface area (Å²) in [5, 5.41) is 24.8. The normalized spacial score (nSPS) is 6.78. The fraction of sp³-hybridized carbons (Fsp3) is 0.176. The topological polar surface area (TPSA) is 122 Å². The molecule has 0 radical (unpaired) electrons. The van der Waals surface area contributed by atoms with Gasteiger partial charge in [0.2, 0.25) is 12.2 Å². The van der Waals surface area contributed by atoms with Gasteiger partial charge in [-0.2, -0.15) is 0 Å². The first-order valence-electron chi connectivity index (χ1n) is 6.33. The number of aliphatic hydroxyl groups is 2. The maximum Gasteiger partial charge on any atom is 0.231 e. The Morgan fingerprint density at radius 1 is 0.696 bits per heavy atom. The molecular weight excluding hydrogens is 296 g/mol. The molecule has 0 fully saturated rings. The summed E-state index contributed by atoms with van der Waals surface area (Å²) in [5.74, 6) is 0. The summed E-state index contributed by atoms with van der Waals surface area (Å²) in [6, 6.07) is 21.1. The predicted molar refractivity (Wildman–Crippen MR) is 88.8 cm³/mol. The zero-order valence-corrected chi connectivity index (χ0v) is 13.2. The summed E-state index contributed by atoms with van der Waals surface area (Å²) in [4.78, 5) is 16.7. The summed E-state index contributed by atoms with van der Waals surface area (Å²) in [6.45, 7) is 0. The highest BCUT2D eigenvalue weighted by Gasteiger charge is 1.92. The van der Waals surface area contributed by atoms with Crippen LogP contribution in [0.15, 0.2) is 60.7 Å². The molecular formula is C17H22N2O4. The monoisotopic (exact) mass is 318 g/mol. The summed E-state index contributed by atoms with van der Waals surface area (Å²) in [5.41, 5.74) is 2.74. The first-order chi connectivity index (χ1) is 11.3. The van der Waals surface area contributed by atoms with Gasteiger partial charge in [0.25, 0.3) is 0 Å². The van der Waals surface area contributed by atoms with Crippen LogP contribution in [0.1, 0.15) is 11.1 Å². The molecule has 0 heterocycles. The molecule has 2 aromatic rings. The van der Waals surface area contributed by atoms with Crippen LogP contribution in [0.5, 0.6) is 0 Å². The van der Waals surface area contributed by atoms with Crippen molar-refractivity contribution in [1.29, 1.82) is 10.8 Å². The second-order valence-corrected chi connectivity index (χ2v) is 3.35. The van der Waals surface area contributed by atoms with Gasteiger partial charge in [-0.15, -0.1) is 0 Å². The van der Waals surface area contributed by atoms with E-state index in [-0.39, 0.29) is 0 Å². The van der Waals surface area contributed by atoms with Crippen molar-refractivity contribution in [2.24, 2.45) is 0 Å². The van der Waals surface area contributed by atoms with E-state index in [2.05, 4.69) is 60.7 Å². The first-order valence-corrected chi connectivity index (χ1v) is 6.33. The summed E-state index contributed by atoms with van der Waals surface area (Å²) < 4.78 is 0. The molecule has 0 bridgehead atoms. The smallest absolute Gasteiger partial charge is 0.231 e. The van der Waals surface area contributed by atoms with Crippen LogP contribution in [0.25, 0.3) is 0 Å². The maximum absolute atomic E-state index is 8.35. The molecule has 0 atom stereocenters. The Labute approximate surface area is 136 Å². The highest BCUT2D eigenvalue weighted by atomic mass is 16.2. The third-order valence-electron chi connectivity index (χ3n) is 2.09. The molecule has 0 spiro atoms. The van der Waals surface area contributed by atoms with E-state index in [0.29, 0.717) is 0 Å². The molecule has 0 aromatic heterocycles. The van der Waals surface area contributed by atoms with Crippen molar-refractivity contribution < 1.29 is 19.8 Å². The second-order valence-electron chi connectivity index (χ2n) is 3.35. The summed E-state index contributed by atoms with van der Waals surface area (Å²) in [7, 11) is 2.00. The Bertz CT molecular complexity index is 469. The fourth-order valence-corrected chi connectivity index (χ4v) is 1.43. The number of benzene rings is 2. The number of carbonyl (C=O) groups excluding carboxylic acids is 2. The van der Waals surface area contributed by atoms with Gasteiger partial charge in [-0.1, -0.05) is 60.7 Å². The number of isocyanates is 2. The van der Waals surface area contributed by atoms with Crippen molar-refractivity contribution in [3.63, 3.8) is 0 Å². The van der Waals surface area contributed by atoms with Crippen LogP contribution in [0, 0.1) is 10.8 Å². The minimum absolute atomic E-state index is 0.750. The average molecular weight is 318 g/mol. The van der Waals surface area contributed by atoms with Gasteiger partial charge in [0.05, 0.1) is 0 Å². The van der Waals surface area contributed by atoms with Crippen LogP contribution in [0.4, 0.5) is 0 Å². The molecule has 0 aliphatic rings. The molecule has 0 unspecified atom stereocenters. The van der Waals surface area contributed by atoms with Gasteiger partial charge in [-0.05, 0) is 17.5 Å². The molecule has 2 rings (SSSR count). The minimum Gasteiger partial charge on any atom is -0.400 e. The van der Waals surface area contributed by atoms with Crippen LogP contribution < -0.4 is 0 Å². The Morgan fingerprint density at radius 3 is 1.13 bits per heavy atom. The van der Waals surface area contributed by atoms with E-state index >= 15 is 0 Å². The van der Waals surface area contributed by atoms with Crippen molar-refractivity contribution in [2.45, 2.75) is 6.42 Å². The Kier molecular flexibility index (Phi) is 26.4. The molecule has 2 aromatic carbocycles. The highest BCUT2D eigenvalue weighted by molar-refractivity contribution is 5.26. The lowest BCUT2D eigenvalue weighted by molar-refractivity contribution is 0.399. The van der Waals surface area contributed by atoms with E-state index in [0.717, 1.165) is 32.8 Å². The van der Waals surface area contributed by atoms with Crippen molar-refractivity contribution in [1.82, 2.24) is 0 Å². The Morgan fingerprint density at radius 2 is 0.913 bits per heavy atom. The van der Waals surface area contributed by atoms with Crippen LogP contribution >= 0.6 is 0 Å². The molecule has 6 heteroatoms. The number of hydrogen-bond acceptors (Lipinski definition) is 6. The van der Waals surface area contributed by atoms with Gasteiger partial charge in [0.15, 0.2) is 0 Å². The highest BCUT2D eigenvalue weighted by Crippen LogP contribution is 2.07. The quantitative estimate of drug-likeness (QED) is 0.501. The molecule has 124 valence electrons. The molecule has 0 aliphatic heterocycles. The lowest BCUT2D eigenvalue weighted by Gasteiger charge is -2.00. The first kappa shape index (κ1) is 25.1. The lowest BCUT2D eigenvalue weighted by Crippen LogP contribution is -1.85. The SMILES string of the molecule is CO.CO.N=C=O.N=C=O.c1ccc(Cc2ccccc2)cc1. The molecule has 6 nitrogen and oxygen atoms in total. The largest absolute Gasteiger partial charge is 0.400 e. The number of hydrogen-bond donors (Lipinski definition) is 4. The zero-order valence-electron chi connectivity index (χ0n) is 13.2. The van der Waals surface area contributed by atoms with Gasteiger partial charge in [-0.25, -0.2) is 20.4 Å². The van der Waals surface area contributed by atoms with Gasteiger partial charge in [-0.3, -0.25) is 0 Å². The molecule has 23 heavy (non-hydrogen) atoms. The zero-order chi connectivity index (χ0) is 18.3. The van der Waals surface area contributed by atoms with E-state index in [1.807, 2.05) is 0 Å². The standard InChI is InChI=1S/C13H12.2CHNO.2CH4O/c1-3-7-12(8-4-1)11-13-9-5-2-6-10-13;2*2-1-3;2*1-2/h1-10H,11H2;2*2H;2*2H,1H3. The van der Waals surface area contributed by atoms with Gasteiger partial charge < -0.3 is 10.2 Å². The van der Waals surface area contributed by atoms with Gasteiger partial charge in [0, 0.05) is 14.2 Å². The Hall–Kier alpha value is -2.88. The molecule has 0 saturated carbocycles. The Balaban J connectivity index is -0.000000339. The average Bonchev–Trinajstić information content (AvgIpc) is 2.62. The summed E-state index contributed by atoms with van der Waals surface area (Å²) in [6.07, 6.45) is 2.53. The lowest BCUT2D eigenvalue weighted by atomic mass is 10.1. The number of aliphatic hydroxyl groups excluding tert-OH is 2. The van der Waals surface area contributed by atoms with E-state index in [1.54, 1.807) is 0 Å². The number of nitrogens with one attached hydrogen (secondary N) is 2. The van der Waals surface area contributed by atoms with Crippen LogP contribution in [-0.2, 0) is 16.0 Å². The fourth-order valence-electron chi connectivity index (χ4n) is 1.43. The van der Waals surface area contributed by atoms with E-state index in [9.17, 15) is 0 Å². The van der Waals surface area contributed by atoms with Crippen LogP contribution in [0.2, 0.25) is 0 Å². The van der Waals surface area contributed by atoms with Crippen molar-refractivity contribution >= 4 is 12.2 Å². The minimum atomic E-state index is 0.750. The molecule has 0 aliphatic carbocycles. The van der Waals surface area contributed by atoms with Crippen LogP contribution in [-0.4, -0.2) is 36.6 Å². The number of rotatable bonds is 2. The van der Waals surface area contributed by atoms with E-state index in [1.165, 1.54) is 11.1 Å². The van der Waals surface area contributed by atoms with Crippen LogP contribution in [0.3, 0.4) is 0 Å². The van der Waals surface area contributed by atoms with Crippen molar-refractivity contribution in [3.8, 4) is 0 Å². The summed E-state index contributed by atoms with van der Waals surface area (Å²) >= 11 is 0. The molecule has 4 N–H and O–H groups in total. The third kappa shape index (κ3) is 19.1. The predicted octanol–water partition coefficient (Wildman–Crippen LogP) is 2.30. The molecule has 0 saturated heterocycles. The van der Waals surface area contributed by atoms with E-state index < -0.39 is 0 Å². The van der Waals surface area contributed by atoms with E-state index in [4.69, 9.17) is 30.6 Å². The van der Waals surface area contributed by atoms with Gasteiger partial charge in [0.1, 0.15) is 0 Å². The maximum atomic E-state index is 8.35. The van der Waals surface area contributed by atoms with Gasteiger partial charge >= 0.3 is 0 Å². The second kappa shape index (κ2) is 24.2.